The zero-order valence-electron chi connectivity index (χ0n) is 11.1. The molecule has 0 aliphatic heterocycles. The molecule has 3 nitrogen and oxygen atoms in total. The van der Waals surface area contributed by atoms with Crippen molar-refractivity contribution in [3.63, 3.8) is 0 Å². The molecule has 0 heterocycles. The third kappa shape index (κ3) is 2.84. The summed E-state index contributed by atoms with van der Waals surface area (Å²) in [5.74, 6) is 0.802. The van der Waals surface area contributed by atoms with Gasteiger partial charge in [-0.25, -0.2) is 0 Å². The molecule has 2 atom stereocenters. The monoisotopic (exact) mass is 247 g/mol. The number of rotatable bonds is 2. The van der Waals surface area contributed by atoms with E-state index >= 15 is 0 Å². The zero-order valence-corrected chi connectivity index (χ0v) is 11.1. The van der Waals surface area contributed by atoms with E-state index in [1.807, 2.05) is 0 Å². The van der Waals surface area contributed by atoms with Crippen molar-refractivity contribution in [3.05, 3.63) is 29.3 Å². The summed E-state index contributed by atoms with van der Waals surface area (Å²) in [5.41, 5.74) is 1.23. The molecule has 1 fully saturated rings. The first-order chi connectivity index (χ1) is 8.58. The van der Waals surface area contributed by atoms with E-state index in [2.05, 4.69) is 12.2 Å². The molecule has 0 spiro atoms. The van der Waals surface area contributed by atoms with Crippen LogP contribution < -0.4 is 5.32 Å². The van der Waals surface area contributed by atoms with Gasteiger partial charge in [-0.05, 0) is 37.8 Å². The largest absolute Gasteiger partial charge is 0.508 e. The van der Waals surface area contributed by atoms with E-state index in [0.29, 0.717) is 17.0 Å². The Morgan fingerprint density at radius 2 is 2.17 bits per heavy atom. The van der Waals surface area contributed by atoms with Gasteiger partial charge in [0.15, 0.2) is 0 Å². The summed E-state index contributed by atoms with van der Waals surface area (Å²) in [7, 11) is 0. The molecule has 1 aromatic carbocycles. The van der Waals surface area contributed by atoms with Gasteiger partial charge in [-0.3, -0.25) is 4.79 Å². The lowest BCUT2D eigenvalue weighted by Crippen LogP contribution is -2.38. The third-order valence-corrected chi connectivity index (χ3v) is 3.82. The van der Waals surface area contributed by atoms with Gasteiger partial charge < -0.3 is 10.4 Å². The lowest BCUT2D eigenvalue weighted by atomic mass is 9.87. The Morgan fingerprint density at radius 1 is 1.39 bits per heavy atom. The first kappa shape index (κ1) is 12.9. The molecule has 2 unspecified atom stereocenters. The van der Waals surface area contributed by atoms with Gasteiger partial charge in [0, 0.05) is 17.2 Å². The number of nitrogens with one attached hydrogen (secondary N) is 1. The van der Waals surface area contributed by atoms with Crippen LogP contribution in [0.3, 0.4) is 0 Å². The van der Waals surface area contributed by atoms with E-state index in [1.165, 1.54) is 12.8 Å². The van der Waals surface area contributed by atoms with E-state index in [9.17, 15) is 9.90 Å². The predicted molar refractivity (Wildman–Crippen MR) is 71.7 cm³/mol. The van der Waals surface area contributed by atoms with Crippen LogP contribution in [0.2, 0.25) is 0 Å². The summed E-state index contributed by atoms with van der Waals surface area (Å²) in [6, 6.07) is 5.36. The van der Waals surface area contributed by atoms with Crippen LogP contribution in [0, 0.1) is 12.8 Å². The second-order valence-corrected chi connectivity index (χ2v) is 5.39. The van der Waals surface area contributed by atoms with Crippen LogP contribution >= 0.6 is 0 Å². The molecule has 0 aromatic heterocycles. The topological polar surface area (TPSA) is 49.3 Å². The second kappa shape index (κ2) is 5.42. The molecular formula is C15H21NO2. The fourth-order valence-corrected chi connectivity index (χ4v) is 2.70. The molecule has 1 aliphatic rings. The third-order valence-electron chi connectivity index (χ3n) is 3.82. The molecule has 0 bridgehead atoms. The van der Waals surface area contributed by atoms with Crippen molar-refractivity contribution in [2.24, 2.45) is 5.92 Å². The minimum atomic E-state index is -0.0671. The van der Waals surface area contributed by atoms with Crippen molar-refractivity contribution in [1.82, 2.24) is 5.32 Å². The maximum absolute atomic E-state index is 12.2. The van der Waals surface area contributed by atoms with Crippen molar-refractivity contribution >= 4 is 5.91 Å². The summed E-state index contributed by atoms with van der Waals surface area (Å²) in [6.07, 6.45) is 4.57. The number of hydrogen-bond acceptors (Lipinski definition) is 2. The van der Waals surface area contributed by atoms with Crippen molar-refractivity contribution in [2.75, 3.05) is 0 Å². The van der Waals surface area contributed by atoms with Crippen LogP contribution in [0.25, 0.3) is 0 Å². The highest BCUT2D eigenvalue weighted by molar-refractivity contribution is 5.96. The Hall–Kier alpha value is -1.51. The van der Waals surface area contributed by atoms with Crippen LogP contribution in [-0.2, 0) is 0 Å². The summed E-state index contributed by atoms with van der Waals surface area (Å²) in [6.45, 7) is 4.01. The van der Waals surface area contributed by atoms with E-state index in [-0.39, 0.29) is 17.7 Å². The van der Waals surface area contributed by atoms with Crippen molar-refractivity contribution in [1.29, 1.82) is 0 Å². The van der Waals surface area contributed by atoms with Crippen LogP contribution in [0.15, 0.2) is 18.2 Å². The number of phenols is 1. The lowest BCUT2D eigenvalue weighted by molar-refractivity contribution is 0.0920. The minimum Gasteiger partial charge on any atom is -0.508 e. The molecule has 0 radical (unpaired) electrons. The SMILES string of the molecule is Cc1c(O)cccc1C(=O)NC1CCCC(C)C1. The van der Waals surface area contributed by atoms with Crippen LogP contribution in [-0.4, -0.2) is 17.1 Å². The molecule has 1 saturated carbocycles. The quantitative estimate of drug-likeness (QED) is 0.844. The average molecular weight is 247 g/mol. The first-order valence-corrected chi connectivity index (χ1v) is 6.67. The smallest absolute Gasteiger partial charge is 0.251 e. The second-order valence-electron chi connectivity index (χ2n) is 5.39. The molecule has 1 aliphatic carbocycles. The van der Waals surface area contributed by atoms with Gasteiger partial charge in [-0.1, -0.05) is 25.8 Å². The lowest BCUT2D eigenvalue weighted by Gasteiger charge is -2.27. The fraction of sp³-hybridized carbons (Fsp3) is 0.533. The highest BCUT2D eigenvalue weighted by atomic mass is 16.3. The highest BCUT2D eigenvalue weighted by Gasteiger charge is 2.21. The number of aromatic hydroxyl groups is 1. The zero-order chi connectivity index (χ0) is 13.1. The molecule has 3 heteroatoms. The summed E-state index contributed by atoms with van der Waals surface area (Å²) in [4.78, 5) is 12.2. The maximum atomic E-state index is 12.2. The van der Waals surface area contributed by atoms with E-state index < -0.39 is 0 Å². The van der Waals surface area contributed by atoms with Crippen LogP contribution in [0.1, 0.15) is 48.5 Å². The Balaban J connectivity index is 2.05. The molecule has 1 aromatic rings. The van der Waals surface area contributed by atoms with Crippen LogP contribution in [0.4, 0.5) is 0 Å². The number of phenolic OH excluding ortho intramolecular Hbond substituents is 1. The normalized spacial score (nSPS) is 23.7. The summed E-state index contributed by atoms with van der Waals surface area (Å²) >= 11 is 0. The number of carbonyl (C=O) groups is 1. The van der Waals surface area contributed by atoms with E-state index in [4.69, 9.17) is 0 Å². The Labute approximate surface area is 108 Å². The Morgan fingerprint density at radius 3 is 2.89 bits per heavy atom. The van der Waals surface area contributed by atoms with Gasteiger partial charge in [0.2, 0.25) is 0 Å². The number of amides is 1. The van der Waals surface area contributed by atoms with Crippen molar-refractivity contribution < 1.29 is 9.90 Å². The molecule has 98 valence electrons. The van der Waals surface area contributed by atoms with Crippen molar-refractivity contribution in [3.8, 4) is 5.75 Å². The average Bonchev–Trinajstić information content (AvgIpc) is 2.32. The summed E-state index contributed by atoms with van der Waals surface area (Å²) < 4.78 is 0. The molecule has 0 saturated heterocycles. The van der Waals surface area contributed by atoms with Gasteiger partial charge in [-0.2, -0.15) is 0 Å². The van der Waals surface area contributed by atoms with Gasteiger partial charge in [-0.15, -0.1) is 0 Å². The first-order valence-electron chi connectivity index (χ1n) is 6.67. The number of benzene rings is 1. The van der Waals surface area contributed by atoms with Gasteiger partial charge in [0.05, 0.1) is 0 Å². The van der Waals surface area contributed by atoms with Gasteiger partial charge in [0.25, 0.3) is 5.91 Å². The Bertz CT molecular complexity index is 442. The highest BCUT2D eigenvalue weighted by Crippen LogP contribution is 2.24. The molecule has 1 amide bonds. The minimum absolute atomic E-state index is 0.0671. The summed E-state index contributed by atoms with van der Waals surface area (Å²) in [5, 5.41) is 12.7. The Kier molecular flexibility index (Phi) is 3.90. The standard InChI is InChI=1S/C15H21NO2/c1-10-5-3-6-12(9-10)16-15(18)13-7-4-8-14(17)11(13)2/h4,7-8,10,12,17H,3,5-6,9H2,1-2H3,(H,16,18). The predicted octanol–water partition coefficient (Wildman–Crippen LogP) is 3.01. The fourth-order valence-electron chi connectivity index (χ4n) is 2.70. The molecule has 2 rings (SSSR count). The molecule has 2 N–H and O–H groups in total. The number of hydrogen-bond donors (Lipinski definition) is 2. The van der Waals surface area contributed by atoms with E-state index in [1.54, 1.807) is 25.1 Å². The van der Waals surface area contributed by atoms with Gasteiger partial charge in [0.1, 0.15) is 5.75 Å². The van der Waals surface area contributed by atoms with Crippen LogP contribution in [0.5, 0.6) is 5.75 Å². The number of carbonyl (C=O) groups excluding carboxylic acids is 1. The van der Waals surface area contributed by atoms with Gasteiger partial charge >= 0.3 is 0 Å². The molecular weight excluding hydrogens is 226 g/mol. The maximum Gasteiger partial charge on any atom is 0.251 e. The molecule has 18 heavy (non-hydrogen) atoms. The van der Waals surface area contributed by atoms with E-state index in [0.717, 1.165) is 12.8 Å². The van der Waals surface area contributed by atoms with Crippen molar-refractivity contribution in [2.45, 2.75) is 45.6 Å².